The van der Waals surface area contributed by atoms with Gasteiger partial charge in [0.25, 0.3) is 0 Å². The number of hydrogen-bond acceptors (Lipinski definition) is 5. The van der Waals surface area contributed by atoms with E-state index in [9.17, 15) is 9.59 Å². The molecular weight excluding hydrogens is 294 g/mol. The zero-order valence-corrected chi connectivity index (χ0v) is 13.8. The molecule has 0 bridgehead atoms. The molecule has 6 heteroatoms. The van der Waals surface area contributed by atoms with E-state index < -0.39 is 0 Å². The van der Waals surface area contributed by atoms with E-state index in [-0.39, 0.29) is 30.9 Å². The first-order valence-corrected chi connectivity index (χ1v) is 8.09. The molecule has 1 saturated heterocycles. The van der Waals surface area contributed by atoms with Crippen molar-refractivity contribution in [2.24, 2.45) is 0 Å². The van der Waals surface area contributed by atoms with E-state index in [1.54, 1.807) is 6.92 Å². The summed E-state index contributed by atoms with van der Waals surface area (Å²) in [4.78, 5) is 25.5. The van der Waals surface area contributed by atoms with Crippen LogP contribution in [-0.2, 0) is 14.3 Å². The van der Waals surface area contributed by atoms with Crippen molar-refractivity contribution in [1.82, 2.24) is 10.6 Å². The van der Waals surface area contributed by atoms with Gasteiger partial charge in [-0.2, -0.15) is 0 Å². The molecule has 126 valence electrons. The fraction of sp³-hybridized carbons (Fsp3) is 0.529. The van der Waals surface area contributed by atoms with Crippen LogP contribution in [0, 0.1) is 6.92 Å². The number of hydrogen-bond donors (Lipinski definition) is 2. The Morgan fingerprint density at radius 1 is 1.35 bits per heavy atom. The van der Waals surface area contributed by atoms with E-state index in [0.29, 0.717) is 13.2 Å². The number of amides is 1. The van der Waals surface area contributed by atoms with Gasteiger partial charge in [0, 0.05) is 25.2 Å². The number of rotatable bonds is 6. The normalized spacial score (nSPS) is 17.7. The lowest BCUT2D eigenvalue weighted by molar-refractivity contribution is -0.144. The van der Waals surface area contributed by atoms with Crippen LogP contribution in [0.5, 0.6) is 0 Å². The Morgan fingerprint density at radius 2 is 2.13 bits per heavy atom. The summed E-state index contributed by atoms with van der Waals surface area (Å²) in [5, 5.41) is 6.23. The Labute approximate surface area is 137 Å². The molecule has 1 atom stereocenters. The molecule has 2 rings (SSSR count). The van der Waals surface area contributed by atoms with Crippen LogP contribution in [0.3, 0.4) is 0 Å². The molecule has 1 aliphatic rings. The minimum atomic E-state index is -0.333. The highest BCUT2D eigenvalue weighted by atomic mass is 16.5. The summed E-state index contributed by atoms with van der Waals surface area (Å²) in [5.41, 5.74) is 2.42. The van der Waals surface area contributed by atoms with Gasteiger partial charge in [0.05, 0.1) is 25.7 Å². The van der Waals surface area contributed by atoms with Crippen molar-refractivity contribution in [2.75, 3.05) is 31.1 Å². The Bertz CT molecular complexity index is 548. The molecule has 1 aromatic carbocycles. The lowest BCUT2D eigenvalue weighted by Gasteiger charge is -2.36. The van der Waals surface area contributed by atoms with Gasteiger partial charge in [-0.25, -0.2) is 0 Å². The van der Waals surface area contributed by atoms with Crippen molar-refractivity contribution in [3.63, 3.8) is 0 Å². The van der Waals surface area contributed by atoms with Crippen LogP contribution in [-0.4, -0.2) is 44.3 Å². The smallest absolute Gasteiger partial charge is 0.306 e. The third kappa shape index (κ3) is 5.25. The molecule has 1 heterocycles. The SMILES string of the molecule is CCOC(=O)CCC(=O)NC1CN(c2ccccc2C)CCN1. The maximum absolute atomic E-state index is 12.0. The third-order valence-corrected chi connectivity index (χ3v) is 3.83. The molecule has 0 saturated carbocycles. The maximum Gasteiger partial charge on any atom is 0.306 e. The van der Waals surface area contributed by atoms with E-state index >= 15 is 0 Å². The number of para-hydroxylation sites is 1. The van der Waals surface area contributed by atoms with Crippen molar-refractivity contribution in [3.8, 4) is 0 Å². The summed E-state index contributed by atoms with van der Waals surface area (Å²) in [7, 11) is 0. The fourth-order valence-corrected chi connectivity index (χ4v) is 2.70. The summed E-state index contributed by atoms with van der Waals surface area (Å²) in [6, 6.07) is 8.23. The van der Waals surface area contributed by atoms with Crippen LogP contribution in [0.2, 0.25) is 0 Å². The highest BCUT2D eigenvalue weighted by Gasteiger charge is 2.22. The molecule has 0 radical (unpaired) electrons. The molecule has 1 unspecified atom stereocenters. The Hall–Kier alpha value is -2.08. The van der Waals surface area contributed by atoms with Gasteiger partial charge in [-0.1, -0.05) is 18.2 Å². The number of anilines is 1. The quantitative estimate of drug-likeness (QED) is 0.771. The number of aryl methyl sites for hydroxylation is 1. The van der Waals surface area contributed by atoms with E-state index in [1.807, 2.05) is 12.1 Å². The monoisotopic (exact) mass is 319 g/mol. The molecule has 1 fully saturated rings. The second kappa shape index (κ2) is 8.53. The Kier molecular flexibility index (Phi) is 6.40. The molecule has 1 aromatic rings. The van der Waals surface area contributed by atoms with Gasteiger partial charge in [-0.3, -0.25) is 14.9 Å². The average molecular weight is 319 g/mol. The topological polar surface area (TPSA) is 70.7 Å². The van der Waals surface area contributed by atoms with Crippen LogP contribution in [0.1, 0.15) is 25.3 Å². The lowest BCUT2D eigenvalue weighted by Crippen LogP contribution is -2.58. The van der Waals surface area contributed by atoms with Gasteiger partial charge >= 0.3 is 5.97 Å². The number of benzene rings is 1. The van der Waals surface area contributed by atoms with Crippen molar-refractivity contribution in [3.05, 3.63) is 29.8 Å². The van der Waals surface area contributed by atoms with Gasteiger partial charge in [0.15, 0.2) is 0 Å². The predicted molar refractivity (Wildman–Crippen MR) is 89.2 cm³/mol. The number of ether oxygens (including phenoxy) is 1. The lowest BCUT2D eigenvalue weighted by atomic mass is 10.1. The number of nitrogens with zero attached hydrogens (tertiary/aromatic N) is 1. The Morgan fingerprint density at radius 3 is 2.87 bits per heavy atom. The molecule has 1 amide bonds. The second-order valence-electron chi connectivity index (χ2n) is 5.61. The maximum atomic E-state index is 12.0. The van der Waals surface area contributed by atoms with Gasteiger partial charge in [-0.15, -0.1) is 0 Å². The zero-order valence-electron chi connectivity index (χ0n) is 13.8. The molecule has 0 aromatic heterocycles. The minimum absolute atomic E-state index is 0.113. The third-order valence-electron chi connectivity index (χ3n) is 3.83. The first-order chi connectivity index (χ1) is 11.1. The van der Waals surface area contributed by atoms with Gasteiger partial charge in [0.2, 0.25) is 5.91 Å². The first-order valence-electron chi connectivity index (χ1n) is 8.09. The number of nitrogens with one attached hydrogen (secondary N) is 2. The minimum Gasteiger partial charge on any atom is -0.466 e. The number of esters is 1. The van der Waals surface area contributed by atoms with E-state index in [2.05, 4.69) is 34.6 Å². The van der Waals surface area contributed by atoms with E-state index in [0.717, 1.165) is 13.1 Å². The summed E-state index contributed by atoms with van der Waals surface area (Å²) in [6.45, 7) is 6.59. The van der Waals surface area contributed by atoms with Gasteiger partial charge < -0.3 is 15.0 Å². The second-order valence-corrected chi connectivity index (χ2v) is 5.61. The van der Waals surface area contributed by atoms with Crippen molar-refractivity contribution in [1.29, 1.82) is 0 Å². The molecule has 6 nitrogen and oxygen atoms in total. The van der Waals surface area contributed by atoms with Crippen molar-refractivity contribution >= 4 is 17.6 Å². The van der Waals surface area contributed by atoms with Crippen LogP contribution in [0.4, 0.5) is 5.69 Å². The zero-order chi connectivity index (χ0) is 16.7. The molecule has 0 spiro atoms. The van der Waals surface area contributed by atoms with Crippen molar-refractivity contribution < 1.29 is 14.3 Å². The van der Waals surface area contributed by atoms with E-state index in [4.69, 9.17) is 4.74 Å². The highest BCUT2D eigenvalue weighted by molar-refractivity contribution is 5.81. The van der Waals surface area contributed by atoms with Crippen LogP contribution < -0.4 is 15.5 Å². The first kappa shape index (κ1) is 17.3. The van der Waals surface area contributed by atoms with Gasteiger partial charge in [0.1, 0.15) is 0 Å². The average Bonchev–Trinajstić information content (AvgIpc) is 2.54. The highest BCUT2D eigenvalue weighted by Crippen LogP contribution is 2.20. The largest absolute Gasteiger partial charge is 0.466 e. The van der Waals surface area contributed by atoms with Crippen molar-refractivity contribution in [2.45, 2.75) is 32.9 Å². The summed E-state index contributed by atoms with van der Waals surface area (Å²) in [6.07, 6.45) is 0.160. The van der Waals surface area contributed by atoms with E-state index in [1.165, 1.54) is 11.3 Å². The van der Waals surface area contributed by atoms with Crippen LogP contribution >= 0.6 is 0 Å². The molecule has 1 aliphatic heterocycles. The van der Waals surface area contributed by atoms with Gasteiger partial charge in [-0.05, 0) is 25.5 Å². The van der Waals surface area contributed by atoms with Crippen LogP contribution in [0.25, 0.3) is 0 Å². The standard InChI is InChI=1S/C17H25N3O3/c1-3-23-17(22)9-8-16(21)19-15-12-20(11-10-18-15)14-7-5-4-6-13(14)2/h4-7,15,18H,3,8-12H2,1-2H3,(H,19,21). The number of piperazine rings is 1. The molecule has 0 aliphatic carbocycles. The summed E-state index contributed by atoms with van der Waals surface area (Å²) in [5.74, 6) is -0.469. The van der Waals surface area contributed by atoms with Crippen LogP contribution in [0.15, 0.2) is 24.3 Å². The molecule has 23 heavy (non-hydrogen) atoms. The summed E-state index contributed by atoms with van der Waals surface area (Å²) < 4.78 is 4.83. The number of carbonyl (C=O) groups is 2. The molecular formula is C17H25N3O3. The number of carbonyl (C=O) groups excluding carboxylic acids is 2. The summed E-state index contributed by atoms with van der Waals surface area (Å²) >= 11 is 0. The molecule has 2 N–H and O–H groups in total. The fourth-order valence-electron chi connectivity index (χ4n) is 2.70. The predicted octanol–water partition coefficient (Wildman–Crippen LogP) is 1.19. The Balaban J connectivity index is 1.83.